The van der Waals surface area contributed by atoms with Crippen molar-refractivity contribution >= 4 is 27.4 Å². The van der Waals surface area contributed by atoms with Gasteiger partial charge in [0.25, 0.3) is 0 Å². The fraction of sp³-hybridized carbons (Fsp3) is 0. The van der Waals surface area contributed by atoms with E-state index in [9.17, 15) is 0 Å². The summed E-state index contributed by atoms with van der Waals surface area (Å²) in [6.07, 6.45) is 1.80. The quantitative estimate of drug-likeness (QED) is 0.441. The molecule has 3 aromatic rings. The number of aromatic nitrogens is 1. The molecule has 72 valence electrons. The molecule has 0 spiro atoms. The van der Waals surface area contributed by atoms with Crippen LogP contribution in [0.25, 0.3) is 21.7 Å². The van der Waals surface area contributed by atoms with Gasteiger partial charge in [-0.1, -0.05) is 24.3 Å². The molecule has 1 heterocycles. The number of benzene rings is 2. The van der Waals surface area contributed by atoms with Crippen molar-refractivity contribution in [3.8, 4) is 0 Å². The van der Waals surface area contributed by atoms with E-state index in [-0.39, 0.29) is 0 Å². The summed E-state index contributed by atoms with van der Waals surface area (Å²) in [5.41, 5.74) is 7.75. The Morgan fingerprint density at radius 2 is 1.73 bits per heavy atom. The monoisotopic (exact) mass is 194 g/mol. The van der Waals surface area contributed by atoms with Crippen molar-refractivity contribution in [3.05, 3.63) is 48.7 Å². The van der Waals surface area contributed by atoms with Gasteiger partial charge in [0.2, 0.25) is 0 Å². The summed E-state index contributed by atoms with van der Waals surface area (Å²) >= 11 is 0. The summed E-state index contributed by atoms with van der Waals surface area (Å²) in [5.74, 6) is 0. The van der Waals surface area contributed by atoms with Gasteiger partial charge in [-0.2, -0.15) is 0 Å². The fourth-order valence-electron chi connectivity index (χ4n) is 1.94. The summed E-state index contributed by atoms with van der Waals surface area (Å²) in [5, 5.41) is 3.32. The first-order valence-corrected chi connectivity index (χ1v) is 4.88. The van der Waals surface area contributed by atoms with E-state index in [1.807, 2.05) is 30.3 Å². The van der Waals surface area contributed by atoms with Crippen molar-refractivity contribution in [2.75, 3.05) is 5.73 Å². The van der Waals surface area contributed by atoms with E-state index < -0.39 is 0 Å². The first-order chi connectivity index (χ1) is 7.36. The van der Waals surface area contributed by atoms with Gasteiger partial charge < -0.3 is 5.73 Å². The van der Waals surface area contributed by atoms with Gasteiger partial charge >= 0.3 is 0 Å². The van der Waals surface area contributed by atoms with Crippen LogP contribution in [0, 0.1) is 0 Å². The summed E-state index contributed by atoms with van der Waals surface area (Å²) in [7, 11) is 0. The average Bonchev–Trinajstić information content (AvgIpc) is 2.30. The van der Waals surface area contributed by atoms with Crippen molar-refractivity contribution in [1.82, 2.24) is 4.98 Å². The maximum absolute atomic E-state index is 5.98. The summed E-state index contributed by atoms with van der Waals surface area (Å²) in [4.78, 5) is 4.39. The number of pyridine rings is 1. The molecule has 0 aliphatic rings. The zero-order valence-corrected chi connectivity index (χ0v) is 8.14. The SMILES string of the molecule is Nc1cc2ccccc2c2ncccc12. The van der Waals surface area contributed by atoms with Gasteiger partial charge in [-0.3, -0.25) is 4.98 Å². The van der Waals surface area contributed by atoms with E-state index >= 15 is 0 Å². The van der Waals surface area contributed by atoms with Gasteiger partial charge in [-0.05, 0) is 23.6 Å². The normalized spacial score (nSPS) is 10.9. The van der Waals surface area contributed by atoms with Crippen LogP contribution in [-0.4, -0.2) is 4.98 Å². The van der Waals surface area contributed by atoms with Crippen LogP contribution in [0.5, 0.6) is 0 Å². The van der Waals surface area contributed by atoms with E-state index in [2.05, 4.69) is 17.1 Å². The van der Waals surface area contributed by atoms with Gasteiger partial charge in [0.05, 0.1) is 5.52 Å². The first kappa shape index (κ1) is 8.24. The van der Waals surface area contributed by atoms with Crippen LogP contribution in [0.3, 0.4) is 0 Å². The molecular weight excluding hydrogens is 184 g/mol. The van der Waals surface area contributed by atoms with Gasteiger partial charge in [0, 0.05) is 22.7 Å². The molecule has 0 saturated heterocycles. The lowest BCUT2D eigenvalue weighted by Crippen LogP contribution is -1.89. The first-order valence-electron chi connectivity index (χ1n) is 4.88. The Labute approximate surface area is 87.4 Å². The smallest absolute Gasteiger partial charge is 0.0800 e. The number of hydrogen-bond donors (Lipinski definition) is 1. The maximum atomic E-state index is 5.98. The Bertz CT molecular complexity index is 644. The molecule has 0 atom stereocenters. The van der Waals surface area contributed by atoms with Crippen LogP contribution in [0.1, 0.15) is 0 Å². The van der Waals surface area contributed by atoms with Crippen molar-refractivity contribution in [1.29, 1.82) is 0 Å². The van der Waals surface area contributed by atoms with E-state index in [1.54, 1.807) is 6.20 Å². The molecule has 0 bridgehead atoms. The Hall–Kier alpha value is -2.09. The lowest BCUT2D eigenvalue weighted by molar-refractivity contribution is 1.43. The molecule has 0 unspecified atom stereocenters. The van der Waals surface area contributed by atoms with Crippen LogP contribution >= 0.6 is 0 Å². The van der Waals surface area contributed by atoms with Crippen molar-refractivity contribution in [2.24, 2.45) is 0 Å². The molecule has 2 nitrogen and oxygen atoms in total. The number of hydrogen-bond acceptors (Lipinski definition) is 2. The molecule has 2 aromatic carbocycles. The number of fused-ring (bicyclic) bond motifs is 3. The van der Waals surface area contributed by atoms with Gasteiger partial charge in [0.15, 0.2) is 0 Å². The van der Waals surface area contributed by atoms with Crippen molar-refractivity contribution in [3.63, 3.8) is 0 Å². The minimum Gasteiger partial charge on any atom is -0.398 e. The molecule has 0 aliphatic heterocycles. The topological polar surface area (TPSA) is 38.9 Å². The summed E-state index contributed by atoms with van der Waals surface area (Å²) in [6.45, 7) is 0. The van der Waals surface area contributed by atoms with Gasteiger partial charge in [-0.25, -0.2) is 0 Å². The fourth-order valence-corrected chi connectivity index (χ4v) is 1.94. The van der Waals surface area contributed by atoms with Crippen LogP contribution in [0.2, 0.25) is 0 Å². The van der Waals surface area contributed by atoms with Crippen LogP contribution in [0.4, 0.5) is 5.69 Å². The number of nitrogen functional groups attached to an aromatic ring is 1. The second-order valence-corrected chi connectivity index (χ2v) is 3.59. The average molecular weight is 194 g/mol. The minimum atomic E-state index is 0.789. The highest BCUT2D eigenvalue weighted by Crippen LogP contribution is 2.28. The number of nitrogens with zero attached hydrogens (tertiary/aromatic N) is 1. The third-order valence-electron chi connectivity index (χ3n) is 2.65. The summed E-state index contributed by atoms with van der Waals surface area (Å²) in [6, 6.07) is 14.1. The van der Waals surface area contributed by atoms with Crippen LogP contribution in [0.15, 0.2) is 48.7 Å². The molecule has 2 N–H and O–H groups in total. The lowest BCUT2D eigenvalue weighted by atomic mass is 10.0. The van der Waals surface area contributed by atoms with E-state index in [4.69, 9.17) is 5.73 Å². The molecule has 15 heavy (non-hydrogen) atoms. The second kappa shape index (κ2) is 2.95. The molecular formula is C13H10N2. The number of nitrogens with two attached hydrogens (primary N) is 1. The van der Waals surface area contributed by atoms with Crippen molar-refractivity contribution < 1.29 is 0 Å². The predicted octanol–water partition coefficient (Wildman–Crippen LogP) is 2.97. The molecule has 0 radical (unpaired) electrons. The molecule has 0 aliphatic carbocycles. The molecule has 0 saturated carbocycles. The number of anilines is 1. The zero-order chi connectivity index (χ0) is 10.3. The Balaban J connectivity index is 2.64. The largest absolute Gasteiger partial charge is 0.398 e. The molecule has 2 heteroatoms. The zero-order valence-electron chi connectivity index (χ0n) is 8.14. The van der Waals surface area contributed by atoms with E-state index in [0.29, 0.717) is 0 Å². The highest BCUT2D eigenvalue weighted by atomic mass is 14.7. The van der Waals surface area contributed by atoms with Crippen LogP contribution < -0.4 is 5.73 Å². The Morgan fingerprint density at radius 1 is 0.933 bits per heavy atom. The predicted molar refractivity (Wildman–Crippen MR) is 63.7 cm³/mol. The van der Waals surface area contributed by atoms with E-state index in [1.165, 1.54) is 0 Å². The van der Waals surface area contributed by atoms with E-state index in [0.717, 1.165) is 27.4 Å². The standard InChI is InChI=1S/C13H10N2/c14-12-8-9-4-1-2-5-10(9)13-11(12)6-3-7-15-13/h1-8H,14H2. The third kappa shape index (κ3) is 1.15. The second-order valence-electron chi connectivity index (χ2n) is 3.59. The van der Waals surface area contributed by atoms with Gasteiger partial charge in [0.1, 0.15) is 0 Å². The summed E-state index contributed by atoms with van der Waals surface area (Å²) < 4.78 is 0. The highest BCUT2D eigenvalue weighted by Gasteiger charge is 2.03. The minimum absolute atomic E-state index is 0.789. The van der Waals surface area contributed by atoms with Gasteiger partial charge in [-0.15, -0.1) is 0 Å². The molecule has 0 fully saturated rings. The number of rotatable bonds is 0. The maximum Gasteiger partial charge on any atom is 0.0800 e. The lowest BCUT2D eigenvalue weighted by Gasteiger charge is -2.05. The molecule has 3 rings (SSSR count). The molecule has 1 aromatic heterocycles. The Kier molecular flexibility index (Phi) is 1.62. The Morgan fingerprint density at radius 3 is 2.67 bits per heavy atom. The van der Waals surface area contributed by atoms with Crippen molar-refractivity contribution in [2.45, 2.75) is 0 Å². The third-order valence-corrected chi connectivity index (χ3v) is 2.65. The molecule has 0 amide bonds. The van der Waals surface area contributed by atoms with Crippen LogP contribution in [-0.2, 0) is 0 Å². The highest BCUT2D eigenvalue weighted by molar-refractivity contribution is 6.10.